The number of rotatable bonds is 5. The third-order valence-electron chi connectivity index (χ3n) is 3.49. The van der Waals surface area contributed by atoms with Crippen LogP contribution in [0.4, 0.5) is 0 Å². The molecule has 0 spiro atoms. The summed E-state index contributed by atoms with van der Waals surface area (Å²) in [5.74, 6) is 0.461. The van der Waals surface area contributed by atoms with E-state index < -0.39 is 15.8 Å². The molecule has 1 heterocycles. The lowest BCUT2D eigenvalue weighted by atomic mass is 10.1. The molecule has 1 saturated carbocycles. The molecule has 1 aliphatic carbocycles. The Morgan fingerprint density at radius 2 is 1.88 bits per heavy atom. The minimum Gasteiger partial charge on any atom is -0.314 e. The van der Waals surface area contributed by atoms with E-state index in [4.69, 9.17) is 5.26 Å². The summed E-state index contributed by atoms with van der Waals surface area (Å²) in [5, 5.41) is 12.0. The predicted octanol–water partition coefficient (Wildman–Crippen LogP) is 0.304. The summed E-state index contributed by atoms with van der Waals surface area (Å²) >= 11 is 0. The molecule has 2 rings (SSSR count). The Morgan fingerprint density at radius 1 is 1.24 bits per heavy atom. The normalized spacial score (nSPS) is 23.5. The number of hydrogen-bond acceptors (Lipinski definition) is 4. The SMILES string of the molecule is N#CCS(=O)(=O)N1CCC(NCC2CC2)CC1. The molecule has 0 aromatic rings. The van der Waals surface area contributed by atoms with E-state index in [1.807, 2.05) is 0 Å². The van der Waals surface area contributed by atoms with Crippen LogP contribution >= 0.6 is 0 Å². The lowest BCUT2D eigenvalue weighted by molar-refractivity contribution is 0.288. The molecule has 1 saturated heterocycles. The van der Waals surface area contributed by atoms with E-state index in [9.17, 15) is 8.42 Å². The van der Waals surface area contributed by atoms with Crippen molar-refractivity contribution in [3.63, 3.8) is 0 Å². The first-order valence-electron chi connectivity index (χ1n) is 6.20. The minimum atomic E-state index is -3.33. The van der Waals surface area contributed by atoms with Gasteiger partial charge in [0.2, 0.25) is 10.0 Å². The molecule has 0 unspecified atom stereocenters. The van der Waals surface area contributed by atoms with Gasteiger partial charge in [0.05, 0.1) is 6.07 Å². The highest BCUT2D eigenvalue weighted by atomic mass is 32.2. The van der Waals surface area contributed by atoms with E-state index in [0.717, 1.165) is 25.3 Å². The lowest BCUT2D eigenvalue weighted by Crippen LogP contribution is -2.45. The van der Waals surface area contributed by atoms with Crippen molar-refractivity contribution in [1.82, 2.24) is 9.62 Å². The highest BCUT2D eigenvalue weighted by Crippen LogP contribution is 2.28. The Balaban J connectivity index is 1.75. The van der Waals surface area contributed by atoms with Gasteiger partial charge in [-0.25, -0.2) is 12.7 Å². The predicted molar refractivity (Wildman–Crippen MR) is 64.7 cm³/mol. The van der Waals surface area contributed by atoms with Gasteiger partial charge in [0.15, 0.2) is 5.75 Å². The molecule has 1 N–H and O–H groups in total. The first-order chi connectivity index (χ1) is 8.12. The van der Waals surface area contributed by atoms with Crippen LogP contribution in [0.2, 0.25) is 0 Å². The van der Waals surface area contributed by atoms with Gasteiger partial charge in [-0.1, -0.05) is 0 Å². The third-order valence-corrected chi connectivity index (χ3v) is 5.13. The zero-order valence-corrected chi connectivity index (χ0v) is 10.7. The average molecular weight is 257 g/mol. The zero-order chi connectivity index (χ0) is 12.3. The van der Waals surface area contributed by atoms with Gasteiger partial charge in [-0.15, -0.1) is 0 Å². The number of sulfonamides is 1. The van der Waals surface area contributed by atoms with E-state index >= 15 is 0 Å². The number of nitrogens with zero attached hydrogens (tertiary/aromatic N) is 2. The van der Waals surface area contributed by atoms with Crippen LogP contribution in [0, 0.1) is 17.2 Å². The van der Waals surface area contributed by atoms with E-state index in [0.29, 0.717) is 19.1 Å². The van der Waals surface area contributed by atoms with Gasteiger partial charge in [0, 0.05) is 19.1 Å². The van der Waals surface area contributed by atoms with Crippen LogP contribution in [0.15, 0.2) is 0 Å². The molecule has 17 heavy (non-hydrogen) atoms. The Morgan fingerprint density at radius 3 is 2.41 bits per heavy atom. The van der Waals surface area contributed by atoms with Crippen LogP contribution in [0.5, 0.6) is 0 Å². The third kappa shape index (κ3) is 3.66. The van der Waals surface area contributed by atoms with Crippen LogP contribution in [0.1, 0.15) is 25.7 Å². The lowest BCUT2D eigenvalue weighted by Gasteiger charge is -2.31. The Labute approximate surface area is 103 Å². The van der Waals surface area contributed by atoms with Crippen LogP contribution in [0.25, 0.3) is 0 Å². The van der Waals surface area contributed by atoms with Gasteiger partial charge in [-0.05, 0) is 38.1 Å². The molecule has 2 fully saturated rings. The maximum atomic E-state index is 11.7. The molecule has 0 amide bonds. The highest BCUT2D eigenvalue weighted by Gasteiger charge is 2.28. The fourth-order valence-corrected chi connectivity index (χ4v) is 3.28. The second kappa shape index (κ2) is 5.34. The second-order valence-electron chi connectivity index (χ2n) is 4.94. The number of piperidine rings is 1. The average Bonchev–Trinajstić information content (AvgIpc) is 3.11. The van der Waals surface area contributed by atoms with Crippen LogP contribution in [0.3, 0.4) is 0 Å². The second-order valence-corrected chi connectivity index (χ2v) is 6.91. The summed E-state index contributed by atoms with van der Waals surface area (Å²) in [5.41, 5.74) is 0. The molecule has 5 nitrogen and oxygen atoms in total. The topological polar surface area (TPSA) is 73.2 Å². The van der Waals surface area contributed by atoms with Crippen molar-refractivity contribution in [3.05, 3.63) is 0 Å². The molecule has 0 radical (unpaired) electrons. The molecule has 0 aromatic heterocycles. The van der Waals surface area contributed by atoms with E-state index in [1.165, 1.54) is 17.1 Å². The molecular weight excluding hydrogens is 238 g/mol. The molecule has 2 aliphatic rings. The Bertz CT molecular complexity index is 389. The summed E-state index contributed by atoms with van der Waals surface area (Å²) in [4.78, 5) is 0. The zero-order valence-electron chi connectivity index (χ0n) is 9.93. The summed E-state index contributed by atoms with van der Waals surface area (Å²) < 4.78 is 24.8. The van der Waals surface area contributed by atoms with Gasteiger partial charge in [0.1, 0.15) is 0 Å². The standard InChI is InChI=1S/C11H19N3O2S/c12-5-8-17(15,16)14-6-3-11(4-7-14)13-9-10-1-2-10/h10-11,13H,1-4,6-9H2. The first-order valence-corrected chi connectivity index (χ1v) is 7.81. The van der Waals surface area contributed by atoms with Gasteiger partial charge >= 0.3 is 0 Å². The summed E-state index contributed by atoms with van der Waals surface area (Å²) in [6.45, 7) is 2.17. The smallest absolute Gasteiger partial charge is 0.227 e. The minimum absolute atomic E-state index is 0.396. The van der Waals surface area contributed by atoms with Crippen molar-refractivity contribution in [2.45, 2.75) is 31.7 Å². The monoisotopic (exact) mass is 257 g/mol. The molecule has 0 bridgehead atoms. The van der Waals surface area contributed by atoms with E-state index in [-0.39, 0.29) is 0 Å². The van der Waals surface area contributed by atoms with Crippen molar-refractivity contribution in [1.29, 1.82) is 5.26 Å². The van der Waals surface area contributed by atoms with Crippen LogP contribution < -0.4 is 5.32 Å². The number of hydrogen-bond donors (Lipinski definition) is 1. The maximum Gasteiger partial charge on any atom is 0.227 e. The fraction of sp³-hybridized carbons (Fsp3) is 0.909. The van der Waals surface area contributed by atoms with Gasteiger partial charge in [-0.3, -0.25) is 0 Å². The van der Waals surface area contributed by atoms with Crippen LogP contribution in [-0.2, 0) is 10.0 Å². The summed E-state index contributed by atoms with van der Waals surface area (Å²) in [6.07, 6.45) is 4.39. The van der Waals surface area contributed by atoms with E-state index in [1.54, 1.807) is 6.07 Å². The summed E-state index contributed by atoms with van der Waals surface area (Å²) in [6, 6.07) is 2.17. The number of nitrogens with one attached hydrogen (secondary N) is 1. The Hall–Kier alpha value is -0.640. The fourth-order valence-electron chi connectivity index (χ4n) is 2.17. The largest absolute Gasteiger partial charge is 0.314 e. The molecule has 1 aliphatic heterocycles. The molecule has 96 valence electrons. The highest BCUT2D eigenvalue weighted by molar-refractivity contribution is 7.89. The molecular formula is C11H19N3O2S. The first kappa shape index (κ1) is 12.8. The van der Waals surface area contributed by atoms with Crippen molar-refractivity contribution in [2.24, 2.45) is 5.92 Å². The molecule has 6 heteroatoms. The Kier molecular flexibility index (Phi) is 4.02. The summed E-state index contributed by atoms with van der Waals surface area (Å²) in [7, 11) is -3.33. The van der Waals surface area contributed by atoms with Gasteiger partial charge in [0.25, 0.3) is 0 Å². The van der Waals surface area contributed by atoms with Crippen molar-refractivity contribution in [3.8, 4) is 6.07 Å². The molecule has 0 atom stereocenters. The van der Waals surface area contributed by atoms with Crippen molar-refractivity contribution < 1.29 is 8.42 Å². The van der Waals surface area contributed by atoms with Crippen molar-refractivity contribution in [2.75, 3.05) is 25.4 Å². The van der Waals surface area contributed by atoms with Gasteiger partial charge in [-0.2, -0.15) is 5.26 Å². The quantitative estimate of drug-likeness (QED) is 0.769. The van der Waals surface area contributed by atoms with E-state index in [2.05, 4.69) is 5.32 Å². The molecule has 0 aromatic carbocycles. The maximum absolute atomic E-state index is 11.7. The van der Waals surface area contributed by atoms with Crippen LogP contribution in [-0.4, -0.2) is 44.2 Å². The van der Waals surface area contributed by atoms with Gasteiger partial charge < -0.3 is 5.32 Å². The van der Waals surface area contributed by atoms with Crippen molar-refractivity contribution >= 4 is 10.0 Å². The number of nitriles is 1.